The van der Waals surface area contributed by atoms with E-state index in [0.717, 1.165) is 11.1 Å². The highest BCUT2D eigenvalue weighted by atomic mass is 35.5. The van der Waals surface area contributed by atoms with Crippen LogP contribution in [-0.2, 0) is 17.8 Å². The minimum Gasteiger partial charge on any atom is -0.341 e. The molecule has 2 aromatic heterocycles. The summed E-state index contributed by atoms with van der Waals surface area (Å²) in [5, 5.41) is 4.59. The monoisotopic (exact) mass is 356 g/mol. The molecule has 3 aromatic rings. The Kier molecular flexibility index (Phi) is 5.40. The molecule has 0 spiro atoms. The number of rotatable bonds is 6. The van der Waals surface area contributed by atoms with Crippen molar-refractivity contribution in [2.24, 2.45) is 0 Å². The van der Waals surface area contributed by atoms with Crippen molar-refractivity contribution in [1.82, 2.24) is 20.0 Å². The quantitative estimate of drug-likeness (QED) is 0.677. The molecule has 2 heterocycles. The number of carbonyl (C=O) groups is 1. The average Bonchev–Trinajstić information content (AvgIpc) is 3.09. The molecule has 0 bridgehead atoms. The number of hydrogen-bond acceptors (Lipinski definition) is 5. The van der Waals surface area contributed by atoms with E-state index in [-0.39, 0.29) is 5.91 Å². The summed E-state index contributed by atoms with van der Waals surface area (Å²) >= 11 is 5.97. The zero-order valence-corrected chi connectivity index (χ0v) is 14.5. The maximum absolute atomic E-state index is 12.3. The van der Waals surface area contributed by atoms with E-state index >= 15 is 0 Å². The van der Waals surface area contributed by atoms with Gasteiger partial charge in [0, 0.05) is 49.4 Å². The van der Waals surface area contributed by atoms with Crippen LogP contribution < -0.4 is 0 Å². The van der Waals surface area contributed by atoms with Crippen LogP contribution in [0.2, 0.25) is 5.02 Å². The molecule has 25 heavy (non-hydrogen) atoms. The third-order valence-corrected chi connectivity index (χ3v) is 3.93. The molecule has 0 unspecified atom stereocenters. The maximum Gasteiger partial charge on any atom is 0.227 e. The van der Waals surface area contributed by atoms with E-state index < -0.39 is 0 Å². The predicted octanol–water partition coefficient (Wildman–Crippen LogP) is 3.38. The van der Waals surface area contributed by atoms with Gasteiger partial charge in [0.15, 0.2) is 0 Å². The zero-order chi connectivity index (χ0) is 17.6. The normalized spacial score (nSPS) is 10.6. The number of aryl methyl sites for hydroxylation is 1. The highest BCUT2D eigenvalue weighted by Gasteiger charge is 2.13. The van der Waals surface area contributed by atoms with Crippen molar-refractivity contribution in [3.63, 3.8) is 0 Å². The second-order valence-corrected chi connectivity index (χ2v) is 6.06. The number of benzene rings is 1. The third-order valence-electron chi connectivity index (χ3n) is 3.69. The Morgan fingerprint density at radius 2 is 2.04 bits per heavy atom. The molecular weight excluding hydrogens is 340 g/mol. The molecule has 0 radical (unpaired) electrons. The fourth-order valence-corrected chi connectivity index (χ4v) is 2.59. The summed E-state index contributed by atoms with van der Waals surface area (Å²) in [4.78, 5) is 22.2. The summed E-state index contributed by atoms with van der Waals surface area (Å²) in [6.07, 6.45) is 4.03. The SMILES string of the molecule is CN(Cc1cccc(Cl)c1)C(=O)CCc1nc(-c2ccncc2)no1. The number of amides is 1. The molecule has 0 aliphatic heterocycles. The Hall–Kier alpha value is -2.73. The van der Waals surface area contributed by atoms with Crippen molar-refractivity contribution in [2.75, 3.05) is 7.05 Å². The minimum atomic E-state index is 0.00337. The summed E-state index contributed by atoms with van der Waals surface area (Å²) in [7, 11) is 1.76. The molecule has 0 aliphatic carbocycles. The van der Waals surface area contributed by atoms with Crippen molar-refractivity contribution in [1.29, 1.82) is 0 Å². The molecule has 0 atom stereocenters. The average molecular weight is 357 g/mol. The molecule has 0 saturated carbocycles. The van der Waals surface area contributed by atoms with Crippen LogP contribution in [0.25, 0.3) is 11.4 Å². The molecular formula is C18H17ClN4O2. The topological polar surface area (TPSA) is 72.1 Å². The van der Waals surface area contributed by atoms with E-state index in [1.54, 1.807) is 36.5 Å². The van der Waals surface area contributed by atoms with Gasteiger partial charge in [-0.05, 0) is 29.8 Å². The number of hydrogen-bond donors (Lipinski definition) is 0. The summed E-state index contributed by atoms with van der Waals surface area (Å²) < 4.78 is 5.21. The highest BCUT2D eigenvalue weighted by Crippen LogP contribution is 2.16. The first-order valence-corrected chi connectivity index (χ1v) is 8.21. The molecule has 3 rings (SSSR count). The lowest BCUT2D eigenvalue weighted by Gasteiger charge is -2.17. The fourth-order valence-electron chi connectivity index (χ4n) is 2.38. The van der Waals surface area contributed by atoms with Crippen LogP contribution in [0.3, 0.4) is 0 Å². The molecule has 6 nitrogen and oxygen atoms in total. The van der Waals surface area contributed by atoms with Crippen molar-refractivity contribution >= 4 is 17.5 Å². The minimum absolute atomic E-state index is 0.00337. The van der Waals surface area contributed by atoms with Crippen LogP contribution in [0.1, 0.15) is 17.9 Å². The molecule has 1 aromatic carbocycles. The first-order valence-electron chi connectivity index (χ1n) is 7.83. The van der Waals surface area contributed by atoms with Gasteiger partial charge in [0.25, 0.3) is 0 Å². The van der Waals surface area contributed by atoms with Gasteiger partial charge < -0.3 is 9.42 Å². The fraction of sp³-hybridized carbons (Fsp3) is 0.222. The van der Waals surface area contributed by atoms with Crippen LogP contribution in [0.4, 0.5) is 0 Å². The van der Waals surface area contributed by atoms with Crippen molar-refractivity contribution in [3.8, 4) is 11.4 Å². The molecule has 128 valence electrons. The van der Waals surface area contributed by atoms with E-state index in [1.807, 2.05) is 24.3 Å². The van der Waals surface area contributed by atoms with Gasteiger partial charge in [0.05, 0.1) is 0 Å². The number of aromatic nitrogens is 3. The van der Waals surface area contributed by atoms with Crippen molar-refractivity contribution in [3.05, 3.63) is 65.3 Å². The lowest BCUT2D eigenvalue weighted by Crippen LogP contribution is -2.26. The second-order valence-electron chi connectivity index (χ2n) is 5.63. The highest BCUT2D eigenvalue weighted by molar-refractivity contribution is 6.30. The van der Waals surface area contributed by atoms with Crippen LogP contribution >= 0.6 is 11.6 Å². The zero-order valence-electron chi connectivity index (χ0n) is 13.7. The van der Waals surface area contributed by atoms with E-state index in [1.165, 1.54) is 0 Å². The van der Waals surface area contributed by atoms with Gasteiger partial charge in [-0.1, -0.05) is 28.9 Å². The summed E-state index contributed by atoms with van der Waals surface area (Å²) in [6.45, 7) is 0.505. The Balaban J connectivity index is 1.54. The Bertz CT molecular complexity index is 851. The third kappa shape index (κ3) is 4.64. The van der Waals surface area contributed by atoms with Crippen molar-refractivity contribution in [2.45, 2.75) is 19.4 Å². The van der Waals surface area contributed by atoms with Gasteiger partial charge in [0.1, 0.15) is 0 Å². The predicted molar refractivity (Wildman–Crippen MR) is 93.8 cm³/mol. The largest absolute Gasteiger partial charge is 0.341 e. The van der Waals surface area contributed by atoms with Gasteiger partial charge in [-0.25, -0.2) is 0 Å². The summed E-state index contributed by atoms with van der Waals surface area (Å²) in [6, 6.07) is 11.1. The smallest absolute Gasteiger partial charge is 0.227 e. The van der Waals surface area contributed by atoms with E-state index in [4.69, 9.17) is 16.1 Å². The Labute approximate surface area is 150 Å². The molecule has 0 saturated heterocycles. The number of carbonyl (C=O) groups excluding carboxylic acids is 1. The number of nitrogens with zero attached hydrogens (tertiary/aromatic N) is 4. The van der Waals surface area contributed by atoms with Crippen LogP contribution in [0.5, 0.6) is 0 Å². The van der Waals surface area contributed by atoms with Crippen LogP contribution in [0, 0.1) is 0 Å². The molecule has 0 aliphatic rings. The van der Waals surface area contributed by atoms with E-state index in [0.29, 0.717) is 36.1 Å². The van der Waals surface area contributed by atoms with Gasteiger partial charge in [0.2, 0.25) is 17.6 Å². The lowest BCUT2D eigenvalue weighted by atomic mass is 10.2. The van der Waals surface area contributed by atoms with Gasteiger partial charge in [-0.15, -0.1) is 0 Å². The van der Waals surface area contributed by atoms with Gasteiger partial charge >= 0.3 is 0 Å². The molecule has 0 fully saturated rings. The first kappa shape index (κ1) is 17.1. The Morgan fingerprint density at radius 3 is 2.80 bits per heavy atom. The van der Waals surface area contributed by atoms with E-state index in [9.17, 15) is 4.79 Å². The molecule has 0 N–H and O–H groups in total. The maximum atomic E-state index is 12.3. The Morgan fingerprint density at radius 1 is 1.24 bits per heavy atom. The van der Waals surface area contributed by atoms with Gasteiger partial charge in [-0.3, -0.25) is 9.78 Å². The lowest BCUT2D eigenvalue weighted by molar-refractivity contribution is -0.130. The molecule has 1 amide bonds. The first-order chi connectivity index (χ1) is 12.1. The van der Waals surface area contributed by atoms with Crippen LogP contribution in [-0.4, -0.2) is 33.0 Å². The molecule has 7 heteroatoms. The van der Waals surface area contributed by atoms with E-state index in [2.05, 4.69) is 15.1 Å². The van der Waals surface area contributed by atoms with Gasteiger partial charge in [-0.2, -0.15) is 4.98 Å². The standard InChI is InChI=1S/C18H17ClN4O2/c1-23(12-13-3-2-4-15(19)11-13)17(24)6-5-16-21-18(22-25-16)14-7-9-20-10-8-14/h2-4,7-11H,5-6,12H2,1H3. The number of pyridine rings is 1. The number of halogens is 1. The second kappa shape index (κ2) is 7.90. The summed E-state index contributed by atoms with van der Waals surface area (Å²) in [5.74, 6) is 0.942. The summed E-state index contributed by atoms with van der Waals surface area (Å²) in [5.41, 5.74) is 1.82. The van der Waals surface area contributed by atoms with Crippen LogP contribution in [0.15, 0.2) is 53.3 Å². The van der Waals surface area contributed by atoms with Crippen molar-refractivity contribution < 1.29 is 9.32 Å².